The lowest BCUT2D eigenvalue weighted by atomic mass is 10.0. The van der Waals surface area contributed by atoms with E-state index in [-0.39, 0.29) is 49.8 Å². The Labute approximate surface area is 221 Å². The number of rotatable bonds is 2. The number of hydrogen-bond donors (Lipinski definition) is 3. The molecule has 2 aliphatic rings. The van der Waals surface area contributed by atoms with Gasteiger partial charge in [0.25, 0.3) is 0 Å². The van der Waals surface area contributed by atoms with Gasteiger partial charge in [-0.15, -0.1) is 0 Å². The lowest BCUT2D eigenvalue weighted by Crippen LogP contribution is -2.55. The van der Waals surface area contributed by atoms with Gasteiger partial charge in [-0.2, -0.15) is 0 Å². The van der Waals surface area contributed by atoms with Crippen LogP contribution < -0.4 is 16.0 Å². The molecular formula is C26H36FN5O6. The van der Waals surface area contributed by atoms with Gasteiger partial charge >= 0.3 is 0 Å². The number of carbonyl (C=O) groups is 5. The number of likely N-dealkylation sites (N-methyl/N-ethyl adjacent to an activating group) is 1. The lowest BCUT2D eigenvalue weighted by molar-refractivity contribution is -0.147. The average Bonchev–Trinajstić information content (AvgIpc) is 2.84. The van der Waals surface area contributed by atoms with Crippen LogP contribution in [0.5, 0.6) is 0 Å². The number of carbonyl (C=O) groups excluding carboxylic acids is 5. The summed E-state index contributed by atoms with van der Waals surface area (Å²) in [5.74, 6) is -2.82. The molecule has 0 saturated carbocycles. The predicted molar refractivity (Wildman–Crippen MR) is 135 cm³/mol. The van der Waals surface area contributed by atoms with Crippen molar-refractivity contribution in [1.29, 1.82) is 0 Å². The molecule has 0 aliphatic carbocycles. The van der Waals surface area contributed by atoms with Gasteiger partial charge in [0.2, 0.25) is 29.5 Å². The molecular weight excluding hydrogens is 497 g/mol. The highest BCUT2D eigenvalue weighted by atomic mass is 19.1. The van der Waals surface area contributed by atoms with Crippen molar-refractivity contribution in [2.24, 2.45) is 0 Å². The van der Waals surface area contributed by atoms with E-state index in [0.717, 1.165) is 0 Å². The summed E-state index contributed by atoms with van der Waals surface area (Å²) in [6.07, 6.45) is -0.672. The van der Waals surface area contributed by atoms with Crippen LogP contribution >= 0.6 is 0 Å². The minimum absolute atomic E-state index is 0.0272. The number of nitrogens with one attached hydrogen (secondary N) is 3. The molecule has 12 heteroatoms. The number of amides is 5. The van der Waals surface area contributed by atoms with E-state index >= 15 is 0 Å². The maximum atomic E-state index is 13.5. The van der Waals surface area contributed by atoms with Crippen LogP contribution in [-0.2, 0) is 28.7 Å². The van der Waals surface area contributed by atoms with Crippen molar-refractivity contribution in [1.82, 2.24) is 25.8 Å². The molecule has 2 fully saturated rings. The molecule has 2 aliphatic heterocycles. The third-order valence-corrected chi connectivity index (χ3v) is 6.57. The second-order valence-electron chi connectivity index (χ2n) is 10.0. The summed E-state index contributed by atoms with van der Waals surface area (Å²) in [6, 6.07) is 2.54. The van der Waals surface area contributed by atoms with Crippen LogP contribution in [0, 0.1) is 5.82 Å². The number of morpholine rings is 1. The summed E-state index contributed by atoms with van der Waals surface area (Å²) in [7, 11) is 1.45. The average molecular weight is 534 g/mol. The molecule has 0 radical (unpaired) electrons. The van der Waals surface area contributed by atoms with E-state index in [2.05, 4.69) is 16.0 Å². The SMILES string of the molecule is C[C@@H]1CN(C(=O)[C@@H]2CCC(=O)N(C)CC(=O)N[C@@H](C)C(=O)N[C@@H](c3ccc(F)cc3)CC(=O)N2)C[C@H](C)O1. The molecule has 5 amide bonds. The Hall–Kier alpha value is -3.54. The highest BCUT2D eigenvalue weighted by Gasteiger charge is 2.33. The molecule has 38 heavy (non-hydrogen) atoms. The molecule has 11 nitrogen and oxygen atoms in total. The van der Waals surface area contributed by atoms with Crippen molar-refractivity contribution in [3.8, 4) is 0 Å². The fourth-order valence-electron chi connectivity index (χ4n) is 4.63. The van der Waals surface area contributed by atoms with Crippen LogP contribution in [-0.4, -0.2) is 90.3 Å². The van der Waals surface area contributed by atoms with Crippen LogP contribution in [0.3, 0.4) is 0 Å². The van der Waals surface area contributed by atoms with Crippen LogP contribution in [0.4, 0.5) is 4.39 Å². The van der Waals surface area contributed by atoms with Crippen molar-refractivity contribution in [2.45, 2.75) is 70.4 Å². The normalized spacial score (nSPS) is 28.5. The van der Waals surface area contributed by atoms with E-state index in [1.807, 2.05) is 13.8 Å². The monoisotopic (exact) mass is 533 g/mol. The minimum Gasteiger partial charge on any atom is -0.372 e. The molecule has 2 saturated heterocycles. The second-order valence-corrected chi connectivity index (χ2v) is 10.0. The molecule has 1 aromatic rings. The number of benzene rings is 1. The molecule has 0 spiro atoms. The predicted octanol–water partition coefficient (Wildman–Crippen LogP) is 0.251. The van der Waals surface area contributed by atoms with Crippen LogP contribution in [0.2, 0.25) is 0 Å². The van der Waals surface area contributed by atoms with Crippen molar-refractivity contribution >= 4 is 29.5 Å². The summed E-state index contributed by atoms with van der Waals surface area (Å²) in [5, 5.41) is 8.02. The van der Waals surface area contributed by atoms with Gasteiger partial charge in [-0.3, -0.25) is 24.0 Å². The summed E-state index contributed by atoms with van der Waals surface area (Å²) in [6.45, 7) is 5.59. The molecule has 3 N–H and O–H groups in total. The number of ether oxygens (including phenoxy) is 1. The van der Waals surface area contributed by atoms with Gasteiger partial charge in [0.1, 0.15) is 17.9 Å². The number of nitrogens with zero attached hydrogens (tertiary/aromatic N) is 2. The zero-order valence-corrected chi connectivity index (χ0v) is 22.2. The Balaban J connectivity index is 1.88. The first kappa shape index (κ1) is 29.0. The topological polar surface area (TPSA) is 137 Å². The zero-order chi connectivity index (χ0) is 28.0. The van der Waals surface area contributed by atoms with Crippen LogP contribution in [0.15, 0.2) is 24.3 Å². The Morgan fingerprint density at radius 1 is 0.947 bits per heavy atom. The van der Waals surface area contributed by atoms with E-state index in [1.165, 1.54) is 43.1 Å². The third kappa shape index (κ3) is 7.98. The fraction of sp³-hybridized carbons (Fsp3) is 0.577. The maximum Gasteiger partial charge on any atom is 0.245 e. The van der Waals surface area contributed by atoms with Crippen LogP contribution in [0.1, 0.15) is 51.6 Å². The van der Waals surface area contributed by atoms with Crippen molar-refractivity contribution in [3.05, 3.63) is 35.6 Å². The first-order valence-electron chi connectivity index (χ1n) is 12.8. The van der Waals surface area contributed by atoms with E-state index < -0.39 is 41.7 Å². The van der Waals surface area contributed by atoms with E-state index in [4.69, 9.17) is 4.74 Å². The van der Waals surface area contributed by atoms with Gasteiger partial charge in [0, 0.05) is 26.6 Å². The smallest absolute Gasteiger partial charge is 0.245 e. The van der Waals surface area contributed by atoms with Gasteiger partial charge < -0.3 is 30.5 Å². The molecule has 0 aromatic heterocycles. The first-order valence-corrected chi connectivity index (χ1v) is 12.8. The summed E-state index contributed by atoms with van der Waals surface area (Å²) >= 11 is 0. The molecule has 3 rings (SSSR count). The third-order valence-electron chi connectivity index (χ3n) is 6.57. The molecule has 1 aromatic carbocycles. The summed E-state index contributed by atoms with van der Waals surface area (Å²) in [5.41, 5.74) is 0.478. The first-order chi connectivity index (χ1) is 17.9. The molecule has 0 unspecified atom stereocenters. The Kier molecular flexibility index (Phi) is 9.78. The van der Waals surface area contributed by atoms with E-state index in [1.54, 1.807) is 4.90 Å². The second kappa shape index (κ2) is 12.8. The van der Waals surface area contributed by atoms with Gasteiger partial charge in [-0.05, 0) is 44.9 Å². The zero-order valence-electron chi connectivity index (χ0n) is 22.2. The number of halogens is 1. The lowest BCUT2D eigenvalue weighted by Gasteiger charge is -2.37. The quantitative estimate of drug-likeness (QED) is 0.499. The molecule has 0 bridgehead atoms. The van der Waals surface area contributed by atoms with Crippen molar-refractivity contribution < 1.29 is 33.1 Å². The number of hydrogen-bond acceptors (Lipinski definition) is 6. The Morgan fingerprint density at radius 2 is 1.58 bits per heavy atom. The van der Waals surface area contributed by atoms with E-state index in [9.17, 15) is 28.4 Å². The molecule has 5 atom stereocenters. The molecule has 2 heterocycles. The fourth-order valence-corrected chi connectivity index (χ4v) is 4.63. The highest BCUT2D eigenvalue weighted by Crippen LogP contribution is 2.19. The van der Waals surface area contributed by atoms with Gasteiger partial charge in [-0.25, -0.2) is 4.39 Å². The Morgan fingerprint density at radius 3 is 2.21 bits per heavy atom. The maximum absolute atomic E-state index is 13.5. The highest BCUT2D eigenvalue weighted by molar-refractivity contribution is 5.92. The van der Waals surface area contributed by atoms with Crippen molar-refractivity contribution in [3.63, 3.8) is 0 Å². The summed E-state index contributed by atoms with van der Waals surface area (Å²) in [4.78, 5) is 67.5. The minimum atomic E-state index is -1.00. The van der Waals surface area contributed by atoms with Gasteiger partial charge in [0.05, 0.1) is 31.2 Å². The molecule has 208 valence electrons. The standard InChI is InChI=1S/C26H36FN5O6/c1-15-12-32(13-16(2)38-15)26(37)20-9-10-24(35)31(4)14-23(34)28-17(3)25(36)30-21(11-22(33)29-20)18-5-7-19(27)8-6-18/h5-8,15-17,20-21H,9-14H2,1-4H3,(H,28,34)(H,29,33)(H,30,36)/t15-,16+,17-,20-,21+/m0/s1. The van der Waals surface area contributed by atoms with Crippen LogP contribution in [0.25, 0.3) is 0 Å². The van der Waals surface area contributed by atoms with E-state index in [0.29, 0.717) is 18.7 Å². The summed E-state index contributed by atoms with van der Waals surface area (Å²) < 4.78 is 19.2. The van der Waals surface area contributed by atoms with Crippen molar-refractivity contribution in [2.75, 3.05) is 26.7 Å². The van der Waals surface area contributed by atoms with Gasteiger partial charge in [-0.1, -0.05) is 12.1 Å². The Bertz CT molecular complexity index is 1040. The largest absolute Gasteiger partial charge is 0.372 e. The van der Waals surface area contributed by atoms with Gasteiger partial charge in [0.15, 0.2) is 0 Å².